The minimum absolute atomic E-state index is 0.291. The Morgan fingerprint density at radius 2 is 1.90 bits per heavy atom. The van der Waals surface area contributed by atoms with Crippen LogP contribution in [0, 0.1) is 0 Å². The molecule has 1 heterocycles. The van der Waals surface area contributed by atoms with Gasteiger partial charge in [0.2, 0.25) is 5.88 Å². The lowest BCUT2D eigenvalue weighted by molar-refractivity contribution is 0.262. The van der Waals surface area contributed by atoms with Crippen molar-refractivity contribution in [1.82, 2.24) is 4.37 Å². The van der Waals surface area contributed by atoms with Crippen molar-refractivity contribution in [3.63, 3.8) is 0 Å². The van der Waals surface area contributed by atoms with Crippen LogP contribution in [-0.4, -0.2) is 17.5 Å². The lowest BCUT2D eigenvalue weighted by Gasteiger charge is -2.08. The van der Waals surface area contributed by atoms with Gasteiger partial charge >= 0.3 is 6.03 Å². The third-order valence-electron chi connectivity index (χ3n) is 2.94. The van der Waals surface area contributed by atoms with Gasteiger partial charge in [-0.2, -0.15) is 4.37 Å². The molecule has 0 fully saturated rings. The number of aromatic nitrogens is 1. The minimum Gasteiger partial charge on any atom is -0.480 e. The Morgan fingerprint density at radius 3 is 2.67 bits per heavy atom. The second-order valence-electron chi connectivity index (χ2n) is 4.32. The molecular formula is C15H13N3O2S. The molecule has 106 valence electrons. The SMILES string of the molecule is COc1nsc2c(NC(=O)Nc3ccccc3)cccc12. The zero-order chi connectivity index (χ0) is 14.7. The van der Waals surface area contributed by atoms with Crippen molar-refractivity contribution in [2.45, 2.75) is 0 Å². The van der Waals surface area contributed by atoms with E-state index in [0.29, 0.717) is 11.6 Å². The van der Waals surface area contributed by atoms with Gasteiger partial charge in [0.15, 0.2) is 0 Å². The number of hydrogen-bond acceptors (Lipinski definition) is 4. The number of nitrogens with zero attached hydrogens (tertiary/aromatic N) is 1. The van der Waals surface area contributed by atoms with E-state index >= 15 is 0 Å². The normalized spacial score (nSPS) is 10.3. The molecule has 0 bridgehead atoms. The number of nitrogens with one attached hydrogen (secondary N) is 2. The predicted octanol–water partition coefficient (Wildman–Crippen LogP) is 3.95. The van der Waals surface area contributed by atoms with Crippen molar-refractivity contribution in [3.05, 3.63) is 48.5 Å². The van der Waals surface area contributed by atoms with Crippen LogP contribution in [0.4, 0.5) is 16.2 Å². The third-order valence-corrected chi connectivity index (χ3v) is 3.82. The highest BCUT2D eigenvalue weighted by Gasteiger charge is 2.11. The highest BCUT2D eigenvalue weighted by molar-refractivity contribution is 7.14. The molecule has 6 heteroatoms. The first kappa shape index (κ1) is 13.4. The number of carbonyl (C=O) groups is 1. The van der Waals surface area contributed by atoms with Crippen LogP contribution < -0.4 is 15.4 Å². The van der Waals surface area contributed by atoms with E-state index in [-0.39, 0.29) is 6.03 Å². The zero-order valence-electron chi connectivity index (χ0n) is 11.3. The van der Waals surface area contributed by atoms with Crippen LogP contribution in [-0.2, 0) is 0 Å². The van der Waals surface area contributed by atoms with Gasteiger partial charge in [0.1, 0.15) is 0 Å². The second-order valence-corrected chi connectivity index (χ2v) is 5.09. The fourth-order valence-electron chi connectivity index (χ4n) is 1.99. The summed E-state index contributed by atoms with van der Waals surface area (Å²) in [7, 11) is 1.58. The molecule has 0 aliphatic heterocycles. The molecule has 0 aliphatic rings. The Kier molecular flexibility index (Phi) is 3.70. The molecule has 0 radical (unpaired) electrons. The van der Waals surface area contributed by atoms with Gasteiger partial charge < -0.3 is 15.4 Å². The largest absolute Gasteiger partial charge is 0.480 e. The topological polar surface area (TPSA) is 63.2 Å². The number of urea groups is 1. The lowest BCUT2D eigenvalue weighted by atomic mass is 10.2. The predicted molar refractivity (Wildman–Crippen MR) is 85.3 cm³/mol. The number of carbonyl (C=O) groups excluding carboxylic acids is 1. The molecule has 1 aromatic heterocycles. The van der Waals surface area contributed by atoms with Gasteiger partial charge in [-0.1, -0.05) is 24.3 Å². The zero-order valence-corrected chi connectivity index (χ0v) is 12.1. The van der Waals surface area contributed by atoms with Crippen molar-refractivity contribution in [2.24, 2.45) is 0 Å². The van der Waals surface area contributed by atoms with Crippen LogP contribution >= 0.6 is 11.5 Å². The first-order valence-electron chi connectivity index (χ1n) is 6.33. The van der Waals surface area contributed by atoms with Gasteiger partial charge in [-0.25, -0.2) is 4.79 Å². The molecule has 0 atom stereocenters. The van der Waals surface area contributed by atoms with Gasteiger partial charge in [-0.15, -0.1) is 0 Å². The van der Waals surface area contributed by atoms with Gasteiger partial charge in [-0.3, -0.25) is 0 Å². The van der Waals surface area contributed by atoms with Crippen LogP contribution in [0.25, 0.3) is 10.1 Å². The number of methoxy groups -OCH3 is 1. The van der Waals surface area contributed by atoms with Crippen LogP contribution in [0.1, 0.15) is 0 Å². The Balaban J connectivity index is 1.82. The number of para-hydroxylation sites is 1. The number of ether oxygens (including phenoxy) is 1. The smallest absolute Gasteiger partial charge is 0.323 e. The molecule has 21 heavy (non-hydrogen) atoms. The summed E-state index contributed by atoms with van der Waals surface area (Å²) in [6, 6.07) is 14.6. The van der Waals surface area contributed by atoms with E-state index in [2.05, 4.69) is 15.0 Å². The molecular weight excluding hydrogens is 286 g/mol. The summed E-state index contributed by atoms with van der Waals surface area (Å²) in [5.74, 6) is 0.571. The lowest BCUT2D eigenvalue weighted by Crippen LogP contribution is -2.19. The number of hydrogen-bond donors (Lipinski definition) is 2. The quantitative estimate of drug-likeness (QED) is 0.769. The summed E-state index contributed by atoms with van der Waals surface area (Å²) in [6.07, 6.45) is 0. The van der Waals surface area contributed by atoms with E-state index in [4.69, 9.17) is 4.74 Å². The Labute approximate surface area is 125 Å². The summed E-state index contributed by atoms with van der Waals surface area (Å²) >= 11 is 1.30. The van der Waals surface area contributed by atoms with Crippen molar-refractivity contribution in [3.8, 4) is 5.88 Å². The van der Waals surface area contributed by atoms with Gasteiger partial charge in [0, 0.05) is 5.69 Å². The maximum Gasteiger partial charge on any atom is 0.323 e. The number of rotatable bonds is 3. The molecule has 3 aromatic rings. The minimum atomic E-state index is -0.291. The van der Waals surface area contributed by atoms with Gasteiger partial charge in [0.25, 0.3) is 0 Å². The summed E-state index contributed by atoms with van der Waals surface area (Å²) in [4.78, 5) is 12.0. The van der Waals surface area contributed by atoms with E-state index in [1.54, 1.807) is 7.11 Å². The molecule has 0 spiro atoms. The number of amides is 2. The van der Waals surface area contributed by atoms with Crippen molar-refractivity contribution >= 4 is 39.0 Å². The second kappa shape index (κ2) is 5.80. The maximum atomic E-state index is 12.0. The maximum absolute atomic E-state index is 12.0. The molecule has 5 nitrogen and oxygen atoms in total. The molecule has 2 amide bonds. The van der Waals surface area contributed by atoms with E-state index in [1.807, 2.05) is 48.5 Å². The van der Waals surface area contributed by atoms with Crippen molar-refractivity contribution < 1.29 is 9.53 Å². The molecule has 0 aliphatic carbocycles. The molecule has 0 saturated heterocycles. The van der Waals surface area contributed by atoms with Crippen molar-refractivity contribution in [2.75, 3.05) is 17.7 Å². The summed E-state index contributed by atoms with van der Waals surface area (Å²) in [5, 5.41) is 6.50. The van der Waals surface area contributed by atoms with Crippen LogP contribution in [0.5, 0.6) is 5.88 Å². The van der Waals surface area contributed by atoms with Gasteiger partial charge in [-0.05, 0) is 35.8 Å². The van der Waals surface area contributed by atoms with E-state index in [9.17, 15) is 4.79 Å². The summed E-state index contributed by atoms with van der Waals surface area (Å²) in [6.45, 7) is 0. The number of fused-ring (bicyclic) bond motifs is 1. The summed E-state index contributed by atoms with van der Waals surface area (Å²) < 4.78 is 10.3. The fourth-order valence-corrected chi connectivity index (χ4v) is 2.81. The van der Waals surface area contributed by atoms with Crippen LogP contribution in [0.3, 0.4) is 0 Å². The number of anilines is 2. The highest BCUT2D eigenvalue weighted by atomic mass is 32.1. The van der Waals surface area contributed by atoms with Gasteiger partial charge in [0.05, 0.1) is 22.9 Å². The van der Waals surface area contributed by atoms with E-state index < -0.39 is 0 Å². The monoisotopic (exact) mass is 299 g/mol. The summed E-state index contributed by atoms with van der Waals surface area (Å²) in [5.41, 5.74) is 1.45. The molecule has 2 aromatic carbocycles. The molecule has 3 rings (SSSR count). The Bertz CT molecular complexity index is 771. The first-order valence-corrected chi connectivity index (χ1v) is 7.10. The molecule has 2 N–H and O–H groups in total. The molecule has 0 saturated carbocycles. The fraction of sp³-hybridized carbons (Fsp3) is 0.0667. The number of benzene rings is 2. The third kappa shape index (κ3) is 2.80. The average Bonchev–Trinajstić information content (AvgIpc) is 2.92. The Morgan fingerprint density at radius 1 is 1.10 bits per heavy atom. The highest BCUT2D eigenvalue weighted by Crippen LogP contribution is 2.33. The van der Waals surface area contributed by atoms with Crippen LogP contribution in [0.15, 0.2) is 48.5 Å². The standard InChI is InChI=1S/C15H13N3O2S/c1-20-14-11-8-5-9-12(13(11)21-18-14)17-15(19)16-10-6-3-2-4-7-10/h2-9H,1H3,(H2,16,17,19). The Hall–Kier alpha value is -2.60. The van der Waals surface area contributed by atoms with Crippen molar-refractivity contribution in [1.29, 1.82) is 0 Å². The van der Waals surface area contributed by atoms with Crippen LogP contribution in [0.2, 0.25) is 0 Å². The molecule has 0 unspecified atom stereocenters. The van der Waals surface area contributed by atoms with E-state index in [0.717, 1.165) is 15.8 Å². The average molecular weight is 299 g/mol. The van der Waals surface area contributed by atoms with E-state index in [1.165, 1.54) is 11.5 Å². The first-order chi connectivity index (χ1) is 10.3.